The zero-order chi connectivity index (χ0) is 19.2. The molecule has 0 saturated carbocycles. The van der Waals surface area contributed by atoms with E-state index >= 15 is 0 Å². The van der Waals surface area contributed by atoms with Gasteiger partial charge in [-0.3, -0.25) is 10.1 Å². The summed E-state index contributed by atoms with van der Waals surface area (Å²) in [6.07, 6.45) is 11.2. The summed E-state index contributed by atoms with van der Waals surface area (Å²) >= 11 is 3.05. The van der Waals surface area contributed by atoms with Crippen molar-refractivity contribution in [2.75, 3.05) is 5.32 Å². The van der Waals surface area contributed by atoms with E-state index in [4.69, 9.17) is 0 Å². The van der Waals surface area contributed by atoms with Gasteiger partial charge in [0.05, 0.1) is 0 Å². The van der Waals surface area contributed by atoms with Gasteiger partial charge in [0, 0.05) is 5.75 Å². The number of nitrogens with one attached hydrogen (secondary N) is 1. The number of fused-ring (bicyclic) bond motifs is 1. The maximum absolute atomic E-state index is 12.1. The largest absolute Gasteiger partial charge is 0.297 e. The van der Waals surface area contributed by atoms with Crippen molar-refractivity contribution in [2.45, 2.75) is 29.4 Å². The van der Waals surface area contributed by atoms with E-state index in [1.807, 2.05) is 6.08 Å². The molecule has 1 amide bonds. The third-order valence-corrected chi connectivity index (χ3v) is 6.72. The standard InChI is InChI=1S/C22H21N3OS2/c26-20(14-13-16-7-2-1-3-8-16)23-21-24-25-22(28-21)27-15-18-11-6-10-17-9-4-5-12-19(17)18/h1-2,4-6,9-14,16H,3,7-8,15H2,(H,23,24,26). The van der Waals surface area contributed by atoms with Gasteiger partial charge in [-0.1, -0.05) is 83.8 Å². The van der Waals surface area contributed by atoms with Crippen LogP contribution in [0.15, 0.2) is 71.1 Å². The number of allylic oxidation sites excluding steroid dienone is 3. The van der Waals surface area contributed by atoms with Crippen molar-refractivity contribution in [3.05, 3.63) is 72.3 Å². The Labute approximate surface area is 172 Å². The van der Waals surface area contributed by atoms with Crippen molar-refractivity contribution >= 4 is 44.9 Å². The number of benzene rings is 2. The van der Waals surface area contributed by atoms with E-state index in [-0.39, 0.29) is 5.91 Å². The van der Waals surface area contributed by atoms with Crippen LogP contribution in [0.1, 0.15) is 24.8 Å². The van der Waals surface area contributed by atoms with E-state index in [1.165, 1.54) is 27.7 Å². The Bertz CT molecular complexity index is 1020. The van der Waals surface area contributed by atoms with E-state index in [0.29, 0.717) is 11.0 Å². The summed E-state index contributed by atoms with van der Waals surface area (Å²) in [4.78, 5) is 12.1. The zero-order valence-corrected chi connectivity index (χ0v) is 17.0. The number of carbonyl (C=O) groups excluding carboxylic acids is 1. The number of thioether (sulfide) groups is 1. The van der Waals surface area contributed by atoms with Crippen LogP contribution in [-0.4, -0.2) is 16.1 Å². The number of carbonyl (C=O) groups is 1. The quantitative estimate of drug-likeness (QED) is 0.242. The van der Waals surface area contributed by atoms with Crippen molar-refractivity contribution in [1.82, 2.24) is 10.2 Å². The van der Waals surface area contributed by atoms with Crippen molar-refractivity contribution in [3.63, 3.8) is 0 Å². The van der Waals surface area contributed by atoms with Crippen LogP contribution in [0.2, 0.25) is 0 Å². The molecule has 142 valence electrons. The Morgan fingerprint density at radius 1 is 1.18 bits per heavy atom. The van der Waals surface area contributed by atoms with Gasteiger partial charge in [0.25, 0.3) is 0 Å². The number of nitrogens with zero attached hydrogens (tertiary/aromatic N) is 2. The maximum atomic E-state index is 12.1. The maximum Gasteiger partial charge on any atom is 0.249 e. The highest BCUT2D eigenvalue weighted by atomic mass is 32.2. The first kappa shape index (κ1) is 18.9. The molecule has 1 aromatic heterocycles. The van der Waals surface area contributed by atoms with Crippen LogP contribution in [0.5, 0.6) is 0 Å². The second-order valence-corrected chi connectivity index (χ2v) is 8.89. The molecule has 4 nitrogen and oxygen atoms in total. The van der Waals surface area contributed by atoms with Gasteiger partial charge in [-0.15, -0.1) is 10.2 Å². The third-order valence-electron chi connectivity index (χ3n) is 4.70. The van der Waals surface area contributed by atoms with Crippen LogP contribution >= 0.6 is 23.1 Å². The Hall–Kier alpha value is -2.44. The van der Waals surface area contributed by atoms with Crippen molar-refractivity contribution in [2.24, 2.45) is 5.92 Å². The molecule has 1 heterocycles. The molecule has 0 saturated heterocycles. The topological polar surface area (TPSA) is 54.9 Å². The van der Waals surface area contributed by atoms with Gasteiger partial charge in [-0.25, -0.2) is 0 Å². The molecular weight excluding hydrogens is 386 g/mol. The monoisotopic (exact) mass is 407 g/mol. The van der Waals surface area contributed by atoms with E-state index in [0.717, 1.165) is 29.4 Å². The number of anilines is 1. The molecule has 28 heavy (non-hydrogen) atoms. The lowest BCUT2D eigenvalue weighted by molar-refractivity contribution is -0.111. The zero-order valence-electron chi connectivity index (χ0n) is 15.4. The van der Waals surface area contributed by atoms with Crippen molar-refractivity contribution < 1.29 is 4.79 Å². The summed E-state index contributed by atoms with van der Waals surface area (Å²) in [6.45, 7) is 0. The van der Waals surface area contributed by atoms with Gasteiger partial charge < -0.3 is 0 Å². The number of hydrogen-bond donors (Lipinski definition) is 1. The van der Waals surface area contributed by atoms with Crippen LogP contribution in [0.3, 0.4) is 0 Å². The molecule has 1 aliphatic rings. The molecule has 0 aliphatic heterocycles. The molecule has 4 rings (SSSR count). The molecule has 3 aromatic rings. The van der Waals surface area contributed by atoms with Crippen LogP contribution in [0.25, 0.3) is 10.8 Å². The third kappa shape index (κ3) is 4.88. The van der Waals surface area contributed by atoms with E-state index in [2.05, 4.69) is 70.1 Å². The van der Waals surface area contributed by atoms with Gasteiger partial charge in [0.15, 0.2) is 4.34 Å². The first-order chi connectivity index (χ1) is 13.8. The molecule has 1 aliphatic carbocycles. The minimum atomic E-state index is -0.142. The summed E-state index contributed by atoms with van der Waals surface area (Å²) in [7, 11) is 0. The molecule has 6 heteroatoms. The Morgan fingerprint density at radius 2 is 2.07 bits per heavy atom. The molecule has 0 spiro atoms. The van der Waals surface area contributed by atoms with Crippen LogP contribution in [0, 0.1) is 5.92 Å². The van der Waals surface area contributed by atoms with E-state index in [9.17, 15) is 4.79 Å². The fourth-order valence-electron chi connectivity index (χ4n) is 3.24. The molecule has 1 N–H and O–H groups in total. The normalized spacial score (nSPS) is 16.6. The van der Waals surface area contributed by atoms with Gasteiger partial charge in [-0.2, -0.15) is 0 Å². The molecule has 2 aromatic carbocycles. The highest BCUT2D eigenvalue weighted by Gasteiger charge is 2.10. The lowest BCUT2D eigenvalue weighted by Gasteiger charge is -2.12. The molecule has 0 bridgehead atoms. The minimum Gasteiger partial charge on any atom is -0.297 e. The van der Waals surface area contributed by atoms with Gasteiger partial charge in [0.2, 0.25) is 11.0 Å². The first-order valence-corrected chi connectivity index (χ1v) is 11.2. The molecular formula is C22H21N3OS2. The number of hydrogen-bond acceptors (Lipinski definition) is 5. The predicted molar refractivity (Wildman–Crippen MR) is 118 cm³/mol. The van der Waals surface area contributed by atoms with Crippen molar-refractivity contribution in [1.29, 1.82) is 0 Å². The molecule has 1 unspecified atom stereocenters. The Kier molecular flexibility index (Phi) is 6.19. The molecule has 0 radical (unpaired) electrons. The fraction of sp³-hybridized carbons (Fsp3) is 0.227. The minimum absolute atomic E-state index is 0.142. The summed E-state index contributed by atoms with van der Waals surface area (Å²) in [5.74, 6) is 1.13. The lowest BCUT2D eigenvalue weighted by Crippen LogP contribution is -2.09. The summed E-state index contributed by atoms with van der Waals surface area (Å²) < 4.78 is 0.852. The van der Waals surface area contributed by atoms with Gasteiger partial charge >= 0.3 is 0 Å². The number of rotatable bonds is 6. The predicted octanol–water partition coefficient (Wildman–Crippen LogP) is 5.83. The molecule has 0 fully saturated rings. The first-order valence-electron chi connectivity index (χ1n) is 9.35. The fourth-order valence-corrected chi connectivity index (χ4v) is 5.00. The number of amides is 1. The van der Waals surface area contributed by atoms with Gasteiger partial charge in [-0.05, 0) is 47.6 Å². The Morgan fingerprint density at radius 3 is 2.96 bits per heavy atom. The Balaban J connectivity index is 1.33. The SMILES string of the molecule is O=C(C=CC1CC=CCC1)Nc1nnc(SCc2cccc3ccccc23)s1. The average Bonchev–Trinajstić information content (AvgIpc) is 3.18. The second kappa shape index (κ2) is 9.17. The van der Waals surface area contributed by atoms with E-state index in [1.54, 1.807) is 17.8 Å². The summed E-state index contributed by atoms with van der Waals surface area (Å²) in [5.41, 5.74) is 1.27. The van der Waals surface area contributed by atoms with Crippen LogP contribution in [-0.2, 0) is 10.5 Å². The smallest absolute Gasteiger partial charge is 0.249 e. The number of aromatic nitrogens is 2. The summed E-state index contributed by atoms with van der Waals surface area (Å²) in [6, 6.07) is 14.7. The lowest BCUT2D eigenvalue weighted by atomic mass is 9.94. The highest BCUT2D eigenvalue weighted by Crippen LogP contribution is 2.30. The molecule has 1 atom stereocenters. The second-order valence-electron chi connectivity index (χ2n) is 6.69. The van der Waals surface area contributed by atoms with Crippen LogP contribution in [0.4, 0.5) is 5.13 Å². The highest BCUT2D eigenvalue weighted by molar-refractivity contribution is 8.00. The summed E-state index contributed by atoms with van der Waals surface area (Å²) in [5, 5.41) is 14.2. The average molecular weight is 408 g/mol. The van der Waals surface area contributed by atoms with E-state index < -0.39 is 0 Å². The van der Waals surface area contributed by atoms with Gasteiger partial charge in [0.1, 0.15) is 0 Å². The van der Waals surface area contributed by atoms with Crippen molar-refractivity contribution in [3.8, 4) is 0 Å². The van der Waals surface area contributed by atoms with Crippen LogP contribution < -0.4 is 5.32 Å².